The average Bonchev–Trinajstić information content (AvgIpc) is 3.12. The predicted molar refractivity (Wildman–Crippen MR) is 99.9 cm³/mol. The summed E-state index contributed by atoms with van der Waals surface area (Å²) in [6.45, 7) is 7.82. The minimum Gasteiger partial charge on any atom is -0.345 e. The van der Waals surface area contributed by atoms with Crippen LogP contribution in [0.25, 0.3) is 11.4 Å². The minimum atomic E-state index is -0.226. The quantitative estimate of drug-likeness (QED) is 0.742. The van der Waals surface area contributed by atoms with Gasteiger partial charge in [0.25, 0.3) is 5.91 Å². The summed E-state index contributed by atoms with van der Waals surface area (Å²) in [5.41, 5.74) is 3.33. The van der Waals surface area contributed by atoms with Crippen LogP contribution in [-0.4, -0.2) is 30.4 Å². The Hall–Kier alpha value is -2.74. The fraction of sp³-hybridized carbons (Fsp3) is 0.333. The van der Waals surface area contributed by atoms with Crippen molar-refractivity contribution >= 4 is 17.4 Å². The van der Waals surface area contributed by atoms with Crippen molar-refractivity contribution in [1.29, 1.82) is 0 Å². The number of hydrogen-bond acceptors (Lipinski definition) is 7. The number of rotatable bonds is 5. The molecule has 1 atom stereocenters. The van der Waals surface area contributed by atoms with Gasteiger partial charge in [-0.1, -0.05) is 18.3 Å². The van der Waals surface area contributed by atoms with Crippen molar-refractivity contribution in [1.82, 2.24) is 29.9 Å². The second kappa shape index (κ2) is 7.65. The molecule has 0 saturated carbocycles. The first kappa shape index (κ1) is 18.1. The first-order chi connectivity index (χ1) is 12.5. The normalized spacial score (nSPS) is 12.2. The lowest BCUT2D eigenvalue weighted by Crippen LogP contribution is -2.27. The fourth-order valence-electron chi connectivity index (χ4n) is 2.61. The van der Waals surface area contributed by atoms with Crippen molar-refractivity contribution in [3.8, 4) is 11.4 Å². The van der Waals surface area contributed by atoms with E-state index in [9.17, 15) is 4.79 Å². The number of nitrogens with zero attached hydrogens (tertiary/aromatic N) is 5. The fourth-order valence-corrected chi connectivity index (χ4v) is 3.34. The Morgan fingerprint density at radius 2 is 1.92 bits per heavy atom. The van der Waals surface area contributed by atoms with Crippen LogP contribution in [0.1, 0.15) is 59.4 Å². The maximum Gasteiger partial charge on any atom is 0.265 e. The summed E-state index contributed by atoms with van der Waals surface area (Å²) in [6.07, 6.45) is 5.18. The van der Waals surface area contributed by atoms with E-state index < -0.39 is 0 Å². The topological polar surface area (TPSA) is 93.6 Å². The lowest BCUT2D eigenvalue weighted by atomic mass is 10.1. The smallest absolute Gasteiger partial charge is 0.265 e. The van der Waals surface area contributed by atoms with Crippen LogP contribution in [0.5, 0.6) is 0 Å². The lowest BCUT2D eigenvalue weighted by molar-refractivity contribution is 0.0942. The Labute approximate surface area is 156 Å². The van der Waals surface area contributed by atoms with Crippen LogP contribution >= 0.6 is 11.5 Å². The number of carbonyl (C=O) groups excluding carboxylic acids is 1. The van der Waals surface area contributed by atoms with Gasteiger partial charge in [-0.3, -0.25) is 9.78 Å². The molecule has 3 aromatic rings. The molecule has 0 unspecified atom stereocenters. The van der Waals surface area contributed by atoms with Crippen LogP contribution in [0.4, 0.5) is 0 Å². The molecule has 3 rings (SSSR count). The lowest BCUT2D eigenvalue weighted by Gasteiger charge is -2.16. The Bertz CT molecular complexity index is 909. The van der Waals surface area contributed by atoms with Gasteiger partial charge in [-0.15, -0.1) is 5.10 Å². The maximum absolute atomic E-state index is 12.6. The van der Waals surface area contributed by atoms with Crippen molar-refractivity contribution in [2.75, 3.05) is 0 Å². The highest BCUT2D eigenvalue weighted by molar-refractivity contribution is 7.08. The summed E-state index contributed by atoms with van der Waals surface area (Å²) in [7, 11) is 0. The summed E-state index contributed by atoms with van der Waals surface area (Å²) >= 11 is 1.12. The number of pyridine rings is 1. The van der Waals surface area contributed by atoms with E-state index in [0.29, 0.717) is 10.7 Å². The van der Waals surface area contributed by atoms with Crippen LogP contribution in [0.3, 0.4) is 0 Å². The summed E-state index contributed by atoms with van der Waals surface area (Å²) in [5, 5.41) is 7.05. The molecule has 0 fully saturated rings. The number of hydrogen-bond donors (Lipinski definition) is 1. The van der Waals surface area contributed by atoms with Gasteiger partial charge in [-0.2, -0.15) is 0 Å². The van der Waals surface area contributed by atoms with E-state index in [4.69, 9.17) is 0 Å². The van der Waals surface area contributed by atoms with Crippen LogP contribution in [0.2, 0.25) is 0 Å². The monoisotopic (exact) mass is 368 g/mol. The molecular weight excluding hydrogens is 348 g/mol. The van der Waals surface area contributed by atoms with Gasteiger partial charge in [0.1, 0.15) is 4.88 Å². The molecule has 26 heavy (non-hydrogen) atoms. The molecule has 0 radical (unpaired) electrons. The number of aromatic nitrogens is 5. The number of carbonyl (C=O) groups is 1. The molecule has 0 aromatic carbocycles. The Morgan fingerprint density at radius 3 is 2.58 bits per heavy atom. The van der Waals surface area contributed by atoms with Gasteiger partial charge in [-0.25, -0.2) is 9.97 Å². The third kappa shape index (κ3) is 3.75. The first-order valence-electron chi connectivity index (χ1n) is 8.34. The van der Waals surface area contributed by atoms with Crippen LogP contribution in [-0.2, 0) is 0 Å². The molecule has 3 heterocycles. The molecule has 1 N–H and O–H groups in total. The first-order valence-corrected chi connectivity index (χ1v) is 9.11. The van der Waals surface area contributed by atoms with E-state index in [0.717, 1.165) is 34.0 Å². The van der Waals surface area contributed by atoms with Crippen molar-refractivity contribution in [3.63, 3.8) is 0 Å². The zero-order valence-corrected chi connectivity index (χ0v) is 15.9. The molecule has 3 aromatic heterocycles. The highest BCUT2D eigenvalue weighted by atomic mass is 32.1. The van der Waals surface area contributed by atoms with E-state index in [1.807, 2.05) is 39.8 Å². The standard InChI is InChI=1S/C18H20N6OS/c1-10(2)15-16(26-24-23-15)18(25)22-12(4)14-9-20-17(21-11(14)3)13-5-7-19-8-6-13/h5-10,12H,1-4H3,(H,22,25)/t12-/m0/s1. The van der Waals surface area contributed by atoms with Gasteiger partial charge < -0.3 is 5.32 Å². The molecule has 7 nitrogen and oxygen atoms in total. The average molecular weight is 368 g/mol. The SMILES string of the molecule is Cc1nc(-c2ccncc2)ncc1[C@H](C)NC(=O)c1snnc1C(C)C. The zero-order valence-electron chi connectivity index (χ0n) is 15.1. The maximum atomic E-state index is 12.6. The Kier molecular flexibility index (Phi) is 5.32. The van der Waals surface area contributed by atoms with Gasteiger partial charge in [0, 0.05) is 35.4 Å². The highest BCUT2D eigenvalue weighted by Crippen LogP contribution is 2.23. The third-order valence-electron chi connectivity index (χ3n) is 4.04. The molecule has 0 aliphatic carbocycles. The van der Waals surface area contributed by atoms with Gasteiger partial charge in [0.15, 0.2) is 5.82 Å². The molecule has 0 aliphatic heterocycles. The highest BCUT2D eigenvalue weighted by Gasteiger charge is 2.21. The number of aryl methyl sites for hydroxylation is 1. The second-order valence-corrected chi connectivity index (χ2v) is 7.06. The minimum absolute atomic E-state index is 0.148. The third-order valence-corrected chi connectivity index (χ3v) is 4.78. The zero-order chi connectivity index (χ0) is 18.7. The van der Waals surface area contributed by atoms with E-state index in [-0.39, 0.29) is 17.9 Å². The van der Waals surface area contributed by atoms with Gasteiger partial charge in [-0.05, 0) is 43.4 Å². The van der Waals surface area contributed by atoms with Crippen molar-refractivity contribution in [2.45, 2.75) is 39.7 Å². The van der Waals surface area contributed by atoms with Crippen LogP contribution in [0, 0.1) is 6.92 Å². The molecule has 0 spiro atoms. The largest absolute Gasteiger partial charge is 0.345 e. The molecule has 8 heteroatoms. The molecule has 0 bridgehead atoms. The Balaban J connectivity index is 1.79. The molecular formula is C18H20N6OS. The van der Waals surface area contributed by atoms with E-state index in [1.165, 1.54) is 0 Å². The van der Waals surface area contributed by atoms with E-state index in [1.54, 1.807) is 18.6 Å². The van der Waals surface area contributed by atoms with Crippen LogP contribution in [0.15, 0.2) is 30.7 Å². The molecule has 0 saturated heterocycles. The van der Waals surface area contributed by atoms with Crippen LogP contribution < -0.4 is 5.32 Å². The van der Waals surface area contributed by atoms with E-state index >= 15 is 0 Å². The van der Waals surface area contributed by atoms with Crippen molar-refractivity contribution in [2.24, 2.45) is 0 Å². The molecule has 134 valence electrons. The summed E-state index contributed by atoms with van der Waals surface area (Å²) in [5.74, 6) is 0.615. The second-order valence-electron chi connectivity index (χ2n) is 6.31. The van der Waals surface area contributed by atoms with Gasteiger partial charge >= 0.3 is 0 Å². The number of amides is 1. The predicted octanol–water partition coefficient (Wildman–Crippen LogP) is 3.31. The summed E-state index contributed by atoms with van der Waals surface area (Å²) in [4.78, 5) is 26.1. The Morgan fingerprint density at radius 1 is 1.19 bits per heavy atom. The molecule has 0 aliphatic rings. The van der Waals surface area contributed by atoms with E-state index in [2.05, 4.69) is 29.9 Å². The summed E-state index contributed by atoms with van der Waals surface area (Å²) < 4.78 is 3.91. The molecule has 1 amide bonds. The number of nitrogens with one attached hydrogen (secondary N) is 1. The van der Waals surface area contributed by atoms with Crippen molar-refractivity contribution in [3.05, 3.63) is 52.6 Å². The van der Waals surface area contributed by atoms with Gasteiger partial charge in [0.2, 0.25) is 0 Å². The summed E-state index contributed by atoms with van der Waals surface area (Å²) in [6, 6.07) is 3.50. The van der Waals surface area contributed by atoms with Gasteiger partial charge in [0.05, 0.1) is 11.7 Å². The van der Waals surface area contributed by atoms with Crippen molar-refractivity contribution < 1.29 is 4.79 Å².